The minimum Gasteiger partial charge on any atom is -0.405 e. The van der Waals surface area contributed by atoms with Crippen LogP contribution in [0.25, 0.3) is 11.1 Å². The number of aromatic nitrogens is 1. The largest absolute Gasteiger partial charge is 0.573 e. The van der Waals surface area contributed by atoms with Gasteiger partial charge in [0.05, 0.1) is 0 Å². The fraction of sp³-hybridized carbons (Fsp3) is 0.0833. The number of aromatic amines is 1. The Hall–Kier alpha value is -1.89. The number of pyridine rings is 1. The van der Waals surface area contributed by atoms with E-state index in [1.54, 1.807) is 0 Å². The number of para-hydroxylation sites is 1. The highest BCUT2D eigenvalue weighted by molar-refractivity contribution is 7.71. The fourth-order valence-electron chi connectivity index (χ4n) is 1.56. The van der Waals surface area contributed by atoms with E-state index in [0.717, 1.165) is 18.3 Å². The first-order valence-corrected chi connectivity index (χ1v) is 5.51. The SMILES string of the molecule is Fc1c[nH]c(=S)c(-c2ccccc2OC(F)(F)F)c1. The highest BCUT2D eigenvalue weighted by Gasteiger charge is 2.32. The van der Waals surface area contributed by atoms with E-state index in [-0.39, 0.29) is 15.8 Å². The Morgan fingerprint density at radius 2 is 1.79 bits per heavy atom. The third-order valence-corrected chi connectivity index (χ3v) is 2.61. The Kier molecular flexibility index (Phi) is 3.57. The van der Waals surface area contributed by atoms with Gasteiger partial charge in [-0.3, -0.25) is 0 Å². The molecule has 1 aromatic carbocycles. The second-order valence-corrected chi connectivity index (χ2v) is 4.01. The molecule has 2 rings (SSSR count). The molecule has 0 bridgehead atoms. The maximum atomic E-state index is 13.2. The molecule has 0 fully saturated rings. The lowest BCUT2D eigenvalue weighted by Crippen LogP contribution is -2.17. The molecule has 1 aromatic heterocycles. The standard InChI is InChI=1S/C12H7F4NOS/c13-7-5-9(11(19)17-6-7)8-3-1-2-4-10(8)18-12(14,15)16/h1-6H,(H,17,19). The van der Waals surface area contributed by atoms with Gasteiger partial charge in [0, 0.05) is 17.3 Å². The third-order valence-electron chi connectivity index (χ3n) is 2.27. The number of hydrogen-bond donors (Lipinski definition) is 1. The summed E-state index contributed by atoms with van der Waals surface area (Å²) in [5.74, 6) is -1.06. The highest BCUT2D eigenvalue weighted by atomic mass is 32.1. The molecule has 0 amide bonds. The van der Waals surface area contributed by atoms with E-state index in [9.17, 15) is 17.6 Å². The zero-order valence-corrected chi connectivity index (χ0v) is 10.1. The number of nitrogens with one attached hydrogen (secondary N) is 1. The molecule has 0 aliphatic carbocycles. The fourth-order valence-corrected chi connectivity index (χ4v) is 1.79. The first kappa shape index (κ1) is 13.5. The van der Waals surface area contributed by atoms with Crippen molar-refractivity contribution in [1.82, 2.24) is 4.98 Å². The summed E-state index contributed by atoms with van der Waals surface area (Å²) in [4.78, 5) is 2.46. The van der Waals surface area contributed by atoms with Crippen molar-refractivity contribution in [3.05, 3.63) is 47.0 Å². The lowest BCUT2D eigenvalue weighted by atomic mass is 10.1. The van der Waals surface area contributed by atoms with Crippen LogP contribution in [0.5, 0.6) is 5.75 Å². The van der Waals surface area contributed by atoms with Crippen molar-refractivity contribution >= 4 is 12.2 Å². The van der Waals surface area contributed by atoms with Crippen molar-refractivity contribution in [2.45, 2.75) is 6.36 Å². The molecular formula is C12H7F4NOS. The van der Waals surface area contributed by atoms with Gasteiger partial charge in [-0.15, -0.1) is 13.2 Å². The monoisotopic (exact) mass is 289 g/mol. The summed E-state index contributed by atoms with van der Waals surface area (Å²) in [6.07, 6.45) is -3.80. The van der Waals surface area contributed by atoms with Gasteiger partial charge in [0.15, 0.2) is 0 Å². The van der Waals surface area contributed by atoms with Crippen molar-refractivity contribution in [3.63, 3.8) is 0 Å². The maximum absolute atomic E-state index is 13.2. The van der Waals surface area contributed by atoms with Crippen LogP contribution in [0, 0.1) is 10.5 Å². The minimum absolute atomic E-state index is 0.0700. The van der Waals surface area contributed by atoms with Crippen LogP contribution >= 0.6 is 12.2 Å². The predicted octanol–water partition coefficient (Wildman–Crippen LogP) is 4.45. The van der Waals surface area contributed by atoms with Crippen molar-refractivity contribution in [2.75, 3.05) is 0 Å². The lowest BCUT2D eigenvalue weighted by Gasteiger charge is -2.13. The predicted molar refractivity (Wildman–Crippen MR) is 63.7 cm³/mol. The Morgan fingerprint density at radius 3 is 2.47 bits per heavy atom. The van der Waals surface area contributed by atoms with Crippen LogP contribution in [-0.2, 0) is 0 Å². The average molecular weight is 289 g/mol. The zero-order valence-electron chi connectivity index (χ0n) is 9.29. The normalized spacial score (nSPS) is 11.4. The average Bonchev–Trinajstić information content (AvgIpc) is 2.31. The van der Waals surface area contributed by atoms with Crippen molar-refractivity contribution in [3.8, 4) is 16.9 Å². The quantitative estimate of drug-likeness (QED) is 0.652. The summed E-state index contributed by atoms with van der Waals surface area (Å²) >= 11 is 4.94. The molecule has 0 spiro atoms. The van der Waals surface area contributed by atoms with Gasteiger partial charge in [-0.05, 0) is 12.1 Å². The van der Waals surface area contributed by atoms with Gasteiger partial charge in [0.25, 0.3) is 0 Å². The Balaban J connectivity index is 2.56. The lowest BCUT2D eigenvalue weighted by molar-refractivity contribution is -0.274. The minimum atomic E-state index is -4.82. The van der Waals surface area contributed by atoms with Crippen LogP contribution in [0.4, 0.5) is 17.6 Å². The van der Waals surface area contributed by atoms with Crippen LogP contribution in [0.15, 0.2) is 36.5 Å². The molecule has 19 heavy (non-hydrogen) atoms. The number of H-pyrrole nitrogens is 1. The van der Waals surface area contributed by atoms with E-state index in [1.165, 1.54) is 18.2 Å². The summed E-state index contributed by atoms with van der Waals surface area (Å²) in [5, 5.41) is 0. The third kappa shape index (κ3) is 3.31. The Morgan fingerprint density at radius 1 is 1.11 bits per heavy atom. The van der Waals surface area contributed by atoms with Crippen LogP contribution in [0.3, 0.4) is 0 Å². The molecule has 2 nitrogen and oxygen atoms in total. The zero-order chi connectivity index (χ0) is 14.0. The van der Waals surface area contributed by atoms with E-state index >= 15 is 0 Å². The molecule has 0 radical (unpaired) electrons. The number of halogens is 4. The van der Waals surface area contributed by atoms with Gasteiger partial charge < -0.3 is 9.72 Å². The van der Waals surface area contributed by atoms with Gasteiger partial charge in [-0.25, -0.2) is 4.39 Å². The number of ether oxygens (including phenoxy) is 1. The van der Waals surface area contributed by atoms with E-state index in [2.05, 4.69) is 9.72 Å². The number of benzene rings is 1. The van der Waals surface area contributed by atoms with E-state index < -0.39 is 17.9 Å². The first-order chi connectivity index (χ1) is 8.87. The van der Waals surface area contributed by atoms with E-state index in [4.69, 9.17) is 12.2 Å². The molecule has 1 N–H and O–H groups in total. The number of alkyl halides is 3. The van der Waals surface area contributed by atoms with Crippen LogP contribution in [0.1, 0.15) is 0 Å². The van der Waals surface area contributed by atoms with Gasteiger partial charge in [0.2, 0.25) is 0 Å². The molecule has 0 atom stereocenters. The summed E-state index contributed by atoms with van der Waals surface area (Å²) in [6, 6.07) is 6.47. The molecule has 2 aromatic rings. The van der Waals surface area contributed by atoms with Gasteiger partial charge in [0.1, 0.15) is 16.2 Å². The molecule has 0 aliphatic rings. The Labute approximate surface area is 110 Å². The van der Waals surface area contributed by atoms with E-state index in [1.807, 2.05) is 0 Å². The van der Waals surface area contributed by atoms with Crippen LogP contribution in [0.2, 0.25) is 0 Å². The molecule has 1 heterocycles. The van der Waals surface area contributed by atoms with E-state index in [0.29, 0.717) is 0 Å². The topological polar surface area (TPSA) is 25.0 Å². The van der Waals surface area contributed by atoms with Crippen LogP contribution in [-0.4, -0.2) is 11.3 Å². The molecule has 7 heteroatoms. The summed E-state index contributed by atoms with van der Waals surface area (Å²) < 4.78 is 54.0. The number of rotatable bonds is 2. The summed E-state index contributed by atoms with van der Waals surface area (Å²) in [6.45, 7) is 0. The number of hydrogen-bond acceptors (Lipinski definition) is 2. The molecule has 0 unspecified atom stereocenters. The van der Waals surface area contributed by atoms with Gasteiger partial charge in [-0.1, -0.05) is 30.4 Å². The molecular weight excluding hydrogens is 282 g/mol. The molecule has 0 aliphatic heterocycles. The highest BCUT2D eigenvalue weighted by Crippen LogP contribution is 2.34. The summed E-state index contributed by atoms with van der Waals surface area (Å²) in [5.41, 5.74) is 0.204. The first-order valence-electron chi connectivity index (χ1n) is 5.10. The van der Waals surface area contributed by atoms with Crippen LogP contribution < -0.4 is 4.74 Å². The Bertz CT molecular complexity index is 651. The summed E-state index contributed by atoms with van der Waals surface area (Å²) in [7, 11) is 0. The second-order valence-electron chi connectivity index (χ2n) is 3.60. The second kappa shape index (κ2) is 5.00. The smallest absolute Gasteiger partial charge is 0.405 e. The maximum Gasteiger partial charge on any atom is 0.573 e. The van der Waals surface area contributed by atoms with Gasteiger partial charge >= 0.3 is 6.36 Å². The molecule has 0 saturated heterocycles. The molecule has 100 valence electrons. The molecule has 0 saturated carbocycles. The van der Waals surface area contributed by atoms with Crippen molar-refractivity contribution in [1.29, 1.82) is 0 Å². The van der Waals surface area contributed by atoms with Gasteiger partial charge in [-0.2, -0.15) is 0 Å². The van der Waals surface area contributed by atoms with Crippen molar-refractivity contribution < 1.29 is 22.3 Å². The van der Waals surface area contributed by atoms with Crippen molar-refractivity contribution in [2.24, 2.45) is 0 Å².